The molecule has 2 atom stereocenters. The van der Waals surface area contributed by atoms with E-state index in [1.54, 1.807) is 12.1 Å². The summed E-state index contributed by atoms with van der Waals surface area (Å²) in [6.07, 6.45) is -9.34. The number of hydrogen-bond acceptors (Lipinski definition) is 4. The SMILES string of the molecule is O=c1cc(CN2CCC[C@H](OCc3cc(C(F)(F)F)cc(C(F)(F)F)c3)[C@@H]2c2ccccc2)[nH]c(=O)[nH]1. The first-order valence-electron chi connectivity index (χ1n) is 11.4. The van der Waals surface area contributed by atoms with E-state index in [1.165, 1.54) is 6.07 Å². The molecule has 2 N–H and O–H groups in total. The maximum absolute atomic E-state index is 13.3. The number of likely N-dealkylation sites (tertiary alicyclic amines) is 1. The van der Waals surface area contributed by atoms with Crippen molar-refractivity contribution in [3.63, 3.8) is 0 Å². The fraction of sp³-hybridized carbons (Fsp3) is 0.360. The molecule has 0 aliphatic carbocycles. The molecular formula is C25H23F6N3O3. The minimum atomic E-state index is -4.95. The standard InChI is InChI=1S/C25H23F6N3O3/c26-24(27,28)17-9-15(10-18(11-17)25(29,30)31)14-37-20-7-4-8-34(22(20)16-5-2-1-3-6-16)13-19-12-21(35)33-23(36)32-19/h1-3,5-6,9-12,20,22H,4,7-8,13-14H2,(H2,32,33,35,36)/t20-,22-/m0/s1. The Labute approximate surface area is 206 Å². The van der Waals surface area contributed by atoms with Crippen LogP contribution >= 0.6 is 0 Å². The van der Waals surface area contributed by atoms with Crippen molar-refractivity contribution >= 4 is 0 Å². The van der Waals surface area contributed by atoms with Crippen LogP contribution in [-0.2, 0) is 30.2 Å². The van der Waals surface area contributed by atoms with Gasteiger partial charge in [0, 0.05) is 18.3 Å². The van der Waals surface area contributed by atoms with Crippen LogP contribution in [0.4, 0.5) is 26.3 Å². The predicted molar refractivity (Wildman–Crippen MR) is 122 cm³/mol. The van der Waals surface area contributed by atoms with Crippen LogP contribution in [0.3, 0.4) is 0 Å². The van der Waals surface area contributed by atoms with Crippen LogP contribution in [0.5, 0.6) is 0 Å². The van der Waals surface area contributed by atoms with Gasteiger partial charge in [-0.15, -0.1) is 0 Å². The number of alkyl halides is 6. The van der Waals surface area contributed by atoms with Gasteiger partial charge in [0.05, 0.1) is 29.9 Å². The van der Waals surface area contributed by atoms with Gasteiger partial charge in [0.15, 0.2) is 0 Å². The second-order valence-corrected chi connectivity index (χ2v) is 8.84. The molecule has 0 spiro atoms. The third-order valence-corrected chi connectivity index (χ3v) is 6.12. The van der Waals surface area contributed by atoms with Crippen molar-refractivity contribution in [3.05, 3.63) is 103 Å². The summed E-state index contributed by atoms with van der Waals surface area (Å²) in [5, 5.41) is 0. The fourth-order valence-corrected chi connectivity index (χ4v) is 4.58. The normalized spacial score (nSPS) is 19.2. The van der Waals surface area contributed by atoms with E-state index in [-0.39, 0.29) is 18.2 Å². The minimum absolute atomic E-state index is 0.0843. The third-order valence-electron chi connectivity index (χ3n) is 6.12. The summed E-state index contributed by atoms with van der Waals surface area (Å²) in [7, 11) is 0. The molecule has 0 bridgehead atoms. The topological polar surface area (TPSA) is 78.2 Å². The number of halogens is 6. The Hall–Kier alpha value is -3.38. The van der Waals surface area contributed by atoms with Crippen molar-refractivity contribution in [3.8, 4) is 0 Å². The number of nitrogens with zero attached hydrogens (tertiary/aromatic N) is 1. The Morgan fingerprint density at radius 2 is 1.54 bits per heavy atom. The van der Waals surface area contributed by atoms with Crippen molar-refractivity contribution < 1.29 is 31.1 Å². The molecule has 3 aromatic rings. The lowest BCUT2D eigenvalue weighted by atomic mass is 9.92. The van der Waals surface area contributed by atoms with E-state index < -0.39 is 53.5 Å². The van der Waals surface area contributed by atoms with Crippen LogP contribution in [0.1, 0.15) is 46.8 Å². The third kappa shape index (κ3) is 6.69. The van der Waals surface area contributed by atoms with Gasteiger partial charge in [0.25, 0.3) is 5.56 Å². The van der Waals surface area contributed by atoms with Gasteiger partial charge in [0.1, 0.15) is 0 Å². The summed E-state index contributed by atoms with van der Waals surface area (Å²) in [6.45, 7) is 0.285. The Balaban J connectivity index is 1.62. The molecule has 2 aromatic carbocycles. The van der Waals surface area contributed by atoms with Crippen molar-refractivity contribution in [2.75, 3.05) is 6.54 Å². The van der Waals surface area contributed by atoms with E-state index in [0.717, 1.165) is 5.56 Å². The molecular weight excluding hydrogens is 504 g/mol. The van der Waals surface area contributed by atoms with Crippen LogP contribution in [0.25, 0.3) is 0 Å². The number of aromatic amines is 2. The number of rotatable bonds is 6. The van der Waals surface area contributed by atoms with Gasteiger partial charge < -0.3 is 9.72 Å². The van der Waals surface area contributed by atoms with E-state index in [9.17, 15) is 35.9 Å². The van der Waals surface area contributed by atoms with Crippen LogP contribution in [0.2, 0.25) is 0 Å². The molecule has 12 heteroatoms. The maximum atomic E-state index is 13.3. The molecule has 4 rings (SSSR count). The number of aromatic nitrogens is 2. The zero-order valence-corrected chi connectivity index (χ0v) is 19.3. The molecule has 1 aromatic heterocycles. The number of nitrogens with one attached hydrogen (secondary N) is 2. The van der Waals surface area contributed by atoms with Crippen LogP contribution < -0.4 is 11.2 Å². The Bertz CT molecular complexity index is 1270. The van der Waals surface area contributed by atoms with Crippen molar-refractivity contribution in [1.29, 1.82) is 0 Å². The van der Waals surface area contributed by atoms with Gasteiger partial charge in [0.2, 0.25) is 0 Å². The largest absolute Gasteiger partial charge is 0.416 e. The summed E-state index contributed by atoms with van der Waals surface area (Å²) in [6, 6.07) is 11.3. The highest BCUT2D eigenvalue weighted by Crippen LogP contribution is 2.38. The van der Waals surface area contributed by atoms with Gasteiger partial charge in [-0.25, -0.2) is 4.79 Å². The molecule has 0 saturated carbocycles. The maximum Gasteiger partial charge on any atom is 0.416 e. The molecule has 0 radical (unpaired) electrons. The second kappa shape index (κ2) is 10.5. The molecule has 198 valence electrons. The molecule has 6 nitrogen and oxygen atoms in total. The molecule has 1 aliphatic heterocycles. The summed E-state index contributed by atoms with van der Waals surface area (Å²) < 4.78 is 85.6. The summed E-state index contributed by atoms with van der Waals surface area (Å²) >= 11 is 0. The van der Waals surface area contributed by atoms with Crippen molar-refractivity contribution in [2.24, 2.45) is 0 Å². The number of piperidine rings is 1. The van der Waals surface area contributed by atoms with E-state index in [4.69, 9.17) is 4.74 Å². The molecule has 2 heterocycles. The first-order chi connectivity index (χ1) is 17.4. The summed E-state index contributed by atoms with van der Waals surface area (Å²) in [5.74, 6) is 0. The van der Waals surface area contributed by atoms with Crippen LogP contribution in [-0.4, -0.2) is 27.5 Å². The molecule has 37 heavy (non-hydrogen) atoms. The van der Waals surface area contributed by atoms with E-state index in [0.29, 0.717) is 37.2 Å². The van der Waals surface area contributed by atoms with Crippen molar-refractivity contribution in [1.82, 2.24) is 14.9 Å². The monoisotopic (exact) mass is 527 g/mol. The van der Waals surface area contributed by atoms with E-state index in [1.807, 2.05) is 23.1 Å². The Morgan fingerprint density at radius 1 is 0.892 bits per heavy atom. The average Bonchev–Trinajstić information content (AvgIpc) is 2.81. The highest BCUT2D eigenvalue weighted by molar-refractivity contribution is 5.33. The highest BCUT2D eigenvalue weighted by atomic mass is 19.4. The zero-order valence-electron chi connectivity index (χ0n) is 19.3. The van der Waals surface area contributed by atoms with E-state index >= 15 is 0 Å². The van der Waals surface area contributed by atoms with Crippen LogP contribution in [0, 0.1) is 0 Å². The van der Waals surface area contributed by atoms with E-state index in [2.05, 4.69) is 9.97 Å². The van der Waals surface area contributed by atoms with Crippen LogP contribution in [0.15, 0.2) is 64.2 Å². The van der Waals surface area contributed by atoms with Gasteiger partial charge in [-0.3, -0.25) is 14.7 Å². The highest BCUT2D eigenvalue weighted by Gasteiger charge is 2.38. The lowest BCUT2D eigenvalue weighted by Crippen LogP contribution is -2.43. The summed E-state index contributed by atoms with van der Waals surface area (Å²) in [4.78, 5) is 30.1. The first-order valence-corrected chi connectivity index (χ1v) is 11.4. The molecule has 0 amide bonds. The van der Waals surface area contributed by atoms with Gasteiger partial charge in [-0.1, -0.05) is 30.3 Å². The van der Waals surface area contributed by atoms with Crippen molar-refractivity contribution in [2.45, 2.75) is 50.5 Å². The molecule has 1 aliphatic rings. The zero-order chi connectivity index (χ0) is 26.8. The Kier molecular flexibility index (Phi) is 7.60. The first kappa shape index (κ1) is 26.7. The molecule has 0 unspecified atom stereocenters. The smallest absolute Gasteiger partial charge is 0.372 e. The predicted octanol–water partition coefficient (Wildman–Crippen LogP) is 5.02. The quantitative estimate of drug-likeness (QED) is 0.442. The number of ether oxygens (including phenoxy) is 1. The number of H-pyrrole nitrogens is 2. The van der Waals surface area contributed by atoms with Gasteiger partial charge in [-0.2, -0.15) is 26.3 Å². The number of benzene rings is 2. The fourth-order valence-electron chi connectivity index (χ4n) is 4.58. The molecule has 1 saturated heterocycles. The summed E-state index contributed by atoms with van der Waals surface area (Å²) in [5.41, 5.74) is -3.08. The lowest BCUT2D eigenvalue weighted by molar-refractivity contribution is -0.143. The van der Waals surface area contributed by atoms with Gasteiger partial charge in [-0.05, 0) is 48.7 Å². The van der Waals surface area contributed by atoms with Gasteiger partial charge >= 0.3 is 18.0 Å². The lowest BCUT2D eigenvalue weighted by Gasteiger charge is -2.41. The minimum Gasteiger partial charge on any atom is -0.372 e. The Morgan fingerprint density at radius 3 is 2.14 bits per heavy atom. The average molecular weight is 527 g/mol. The number of hydrogen-bond donors (Lipinski definition) is 2. The molecule has 1 fully saturated rings. The second-order valence-electron chi connectivity index (χ2n) is 8.84.